The second-order valence-corrected chi connectivity index (χ2v) is 6.04. The van der Waals surface area contributed by atoms with Crippen LogP contribution in [0.4, 0.5) is 0 Å². The van der Waals surface area contributed by atoms with E-state index >= 15 is 0 Å². The first-order valence-electron chi connectivity index (χ1n) is 8.31. The third-order valence-electron chi connectivity index (χ3n) is 4.68. The topological polar surface area (TPSA) is 42.0 Å². The van der Waals surface area contributed by atoms with Crippen molar-refractivity contribution in [2.75, 3.05) is 40.4 Å². The number of carbonyl (C=O) groups is 1. The highest BCUT2D eigenvalue weighted by Crippen LogP contribution is 2.27. The van der Waals surface area contributed by atoms with Crippen molar-refractivity contribution in [1.29, 1.82) is 0 Å². The molecule has 0 N–H and O–H groups in total. The van der Waals surface area contributed by atoms with E-state index in [2.05, 4.69) is 18.7 Å². The van der Waals surface area contributed by atoms with Gasteiger partial charge in [-0.25, -0.2) is 0 Å². The predicted molar refractivity (Wildman–Crippen MR) is 91.2 cm³/mol. The molecule has 1 atom stereocenters. The number of ether oxygens (including phenoxy) is 2. The molecule has 1 saturated heterocycles. The van der Waals surface area contributed by atoms with Crippen LogP contribution >= 0.6 is 0 Å². The number of methoxy groups -OCH3 is 2. The average molecular weight is 320 g/mol. The highest BCUT2D eigenvalue weighted by atomic mass is 16.5. The third-order valence-corrected chi connectivity index (χ3v) is 4.68. The van der Waals surface area contributed by atoms with Crippen molar-refractivity contribution in [3.63, 3.8) is 0 Å². The molecule has 1 aliphatic heterocycles. The van der Waals surface area contributed by atoms with Gasteiger partial charge in [-0.3, -0.25) is 9.69 Å². The van der Waals surface area contributed by atoms with E-state index in [-0.39, 0.29) is 5.91 Å². The average Bonchev–Trinajstić information content (AvgIpc) is 2.60. The van der Waals surface area contributed by atoms with Gasteiger partial charge >= 0.3 is 0 Å². The molecule has 1 aromatic carbocycles. The summed E-state index contributed by atoms with van der Waals surface area (Å²) in [7, 11) is 3.22. The zero-order valence-corrected chi connectivity index (χ0v) is 14.7. The van der Waals surface area contributed by atoms with Gasteiger partial charge in [-0.05, 0) is 31.0 Å². The van der Waals surface area contributed by atoms with E-state index < -0.39 is 0 Å². The summed E-state index contributed by atoms with van der Waals surface area (Å²) in [5.74, 6) is 1.53. The van der Waals surface area contributed by atoms with Crippen molar-refractivity contribution < 1.29 is 14.3 Å². The Balaban J connectivity index is 1.93. The van der Waals surface area contributed by atoms with Gasteiger partial charge in [-0.15, -0.1) is 0 Å². The molecule has 1 heterocycles. The van der Waals surface area contributed by atoms with Crippen LogP contribution in [0, 0.1) is 0 Å². The number of hydrogen-bond donors (Lipinski definition) is 0. The smallest absolute Gasteiger partial charge is 0.227 e. The number of carbonyl (C=O) groups excluding carboxylic acids is 1. The Morgan fingerprint density at radius 3 is 2.35 bits per heavy atom. The van der Waals surface area contributed by atoms with Crippen LogP contribution in [0.2, 0.25) is 0 Å². The molecule has 23 heavy (non-hydrogen) atoms. The fraction of sp³-hybridized carbons (Fsp3) is 0.611. The van der Waals surface area contributed by atoms with Crippen LogP contribution < -0.4 is 9.47 Å². The molecular weight excluding hydrogens is 292 g/mol. The predicted octanol–water partition coefficient (Wildman–Crippen LogP) is 2.19. The molecule has 1 unspecified atom stereocenters. The Labute approximate surface area is 139 Å². The first-order valence-corrected chi connectivity index (χ1v) is 8.31. The fourth-order valence-electron chi connectivity index (χ4n) is 2.95. The van der Waals surface area contributed by atoms with Crippen LogP contribution in [-0.2, 0) is 11.2 Å². The molecule has 0 spiro atoms. The Bertz CT molecular complexity index is 525. The highest BCUT2D eigenvalue weighted by Gasteiger charge is 2.23. The minimum Gasteiger partial charge on any atom is -0.493 e. The Kier molecular flexibility index (Phi) is 6.28. The molecule has 0 saturated carbocycles. The Hall–Kier alpha value is -1.75. The zero-order valence-electron chi connectivity index (χ0n) is 14.7. The largest absolute Gasteiger partial charge is 0.493 e. The maximum absolute atomic E-state index is 12.5. The molecule has 5 nitrogen and oxygen atoms in total. The summed E-state index contributed by atoms with van der Waals surface area (Å²) in [5, 5.41) is 0. The molecule has 0 aromatic heterocycles. The monoisotopic (exact) mass is 320 g/mol. The van der Waals surface area contributed by atoms with Crippen molar-refractivity contribution in [3.8, 4) is 11.5 Å². The summed E-state index contributed by atoms with van der Waals surface area (Å²) < 4.78 is 10.5. The molecule has 5 heteroatoms. The van der Waals surface area contributed by atoms with Gasteiger partial charge < -0.3 is 14.4 Å². The summed E-state index contributed by atoms with van der Waals surface area (Å²) >= 11 is 0. The van der Waals surface area contributed by atoms with Crippen LogP contribution in [0.25, 0.3) is 0 Å². The van der Waals surface area contributed by atoms with Crippen LogP contribution in [0.5, 0.6) is 11.5 Å². The molecule has 128 valence electrons. The van der Waals surface area contributed by atoms with Gasteiger partial charge in [0.05, 0.1) is 20.6 Å². The van der Waals surface area contributed by atoms with Crippen molar-refractivity contribution in [2.45, 2.75) is 32.7 Å². The van der Waals surface area contributed by atoms with E-state index in [1.54, 1.807) is 14.2 Å². The molecule has 0 aliphatic carbocycles. The van der Waals surface area contributed by atoms with Crippen molar-refractivity contribution in [3.05, 3.63) is 23.8 Å². The third kappa shape index (κ3) is 4.38. The summed E-state index contributed by atoms with van der Waals surface area (Å²) in [6.45, 7) is 8.02. The lowest BCUT2D eigenvalue weighted by atomic mass is 10.1. The second-order valence-electron chi connectivity index (χ2n) is 6.04. The van der Waals surface area contributed by atoms with Gasteiger partial charge in [0, 0.05) is 32.2 Å². The SMILES string of the molecule is CCC(C)N1CCN(C(=O)Cc2ccc(OC)c(OC)c2)CC1. The van der Waals surface area contributed by atoms with Crippen molar-refractivity contribution in [2.24, 2.45) is 0 Å². The summed E-state index contributed by atoms with van der Waals surface area (Å²) in [6, 6.07) is 6.25. The van der Waals surface area contributed by atoms with Gasteiger partial charge in [-0.1, -0.05) is 13.0 Å². The van der Waals surface area contributed by atoms with E-state index in [1.807, 2.05) is 23.1 Å². The van der Waals surface area contributed by atoms with Crippen LogP contribution in [-0.4, -0.2) is 62.1 Å². The first kappa shape index (κ1) is 17.6. The number of nitrogens with zero attached hydrogens (tertiary/aromatic N) is 2. The van der Waals surface area contributed by atoms with Crippen molar-refractivity contribution >= 4 is 5.91 Å². The van der Waals surface area contributed by atoms with Crippen LogP contribution in [0.15, 0.2) is 18.2 Å². The molecule has 1 aliphatic rings. The maximum atomic E-state index is 12.5. The minimum atomic E-state index is 0.182. The number of hydrogen-bond acceptors (Lipinski definition) is 4. The Morgan fingerprint density at radius 1 is 1.13 bits per heavy atom. The van der Waals surface area contributed by atoms with Crippen LogP contribution in [0.1, 0.15) is 25.8 Å². The summed E-state index contributed by atoms with van der Waals surface area (Å²) in [5.41, 5.74) is 0.956. The Morgan fingerprint density at radius 2 is 1.78 bits per heavy atom. The quantitative estimate of drug-likeness (QED) is 0.806. The van der Waals surface area contributed by atoms with E-state index in [0.717, 1.165) is 38.2 Å². The lowest BCUT2D eigenvalue weighted by Crippen LogP contribution is -2.51. The molecule has 0 bridgehead atoms. The number of benzene rings is 1. The van der Waals surface area contributed by atoms with E-state index in [0.29, 0.717) is 24.0 Å². The van der Waals surface area contributed by atoms with Gasteiger partial charge in [0.2, 0.25) is 5.91 Å². The normalized spacial score (nSPS) is 17.0. The molecule has 1 fully saturated rings. The number of rotatable bonds is 6. The first-order chi connectivity index (χ1) is 11.1. The second kappa shape index (κ2) is 8.20. The van der Waals surface area contributed by atoms with Gasteiger partial charge in [0.1, 0.15) is 0 Å². The number of piperazine rings is 1. The summed E-state index contributed by atoms with van der Waals surface area (Å²) in [6.07, 6.45) is 1.56. The number of amides is 1. The minimum absolute atomic E-state index is 0.182. The van der Waals surface area contributed by atoms with Gasteiger partial charge in [-0.2, -0.15) is 0 Å². The molecule has 1 amide bonds. The van der Waals surface area contributed by atoms with Gasteiger partial charge in [0.25, 0.3) is 0 Å². The van der Waals surface area contributed by atoms with E-state index in [4.69, 9.17) is 9.47 Å². The van der Waals surface area contributed by atoms with E-state index in [1.165, 1.54) is 0 Å². The molecule has 1 aromatic rings. The zero-order chi connectivity index (χ0) is 16.8. The maximum Gasteiger partial charge on any atom is 0.227 e. The fourth-order valence-corrected chi connectivity index (χ4v) is 2.95. The lowest BCUT2D eigenvalue weighted by Gasteiger charge is -2.37. The summed E-state index contributed by atoms with van der Waals surface area (Å²) in [4.78, 5) is 16.9. The van der Waals surface area contributed by atoms with Gasteiger partial charge in [0.15, 0.2) is 11.5 Å². The molecule has 2 rings (SSSR count). The van der Waals surface area contributed by atoms with Crippen LogP contribution in [0.3, 0.4) is 0 Å². The highest BCUT2D eigenvalue weighted by molar-refractivity contribution is 5.79. The standard InChI is InChI=1S/C18H28N2O3/c1-5-14(2)19-8-10-20(11-9-19)18(21)13-15-6-7-16(22-3)17(12-15)23-4/h6-7,12,14H,5,8-11,13H2,1-4H3. The lowest BCUT2D eigenvalue weighted by molar-refractivity contribution is -0.132. The molecule has 0 radical (unpaired) electrons. The molecular formula is C18H28N2O3. The van der Waals surface area contributed by atoms with Crippen molar-refractivity contribution in [1.82, 2.24) is 9.80 Å². The van der Waals surface area contributed by atoms with E-state index in [9.17, 15) is 4.79 Å².